The third-order valence-electron chi connectivity index (χ3n) is 3.53. The van der Waals surface area contributed by atoms with Crippen LogP contribution in [0.2, 0.25) is 0 Å². The predicted molar refractivity (Wildman–Crippen MR) is 74.9 cm³/mol. The number of hydrogen-bond donors (Lipinski definition) is 2. The highest BCUT2D eigenvalue weighted by molar-refractivity contribution is 5.15. The third kappa shape index (κ3) is 3.29. The maximum Gasteiger partial charge on any atom is 0.0586 e. The zero-order chi connectivity index (χ0) is 13.0. The zero-order valence-corrected chi connectivity index (χ0v) is 11.4. The standard InChI is InChI=1S/C14H24N4/c1-17(2)16-14(11-15)8-9-18(12-14)10-13-6-4-3-5-7-13/h3-7,16H,8-12,15H2,1-2H3. The van der Waals surface area contributed by atoms with Gasteiger partial charge in [0, 0.05) is 40.3 Å². The molecule has 0 spiro atoms. The molecule has 4 nitrogen and oxygen atoms in total. The van der Waals surface area contributed by atoms with E-state index in [1.54, 1.807) is 0 Å². The minimum absolute atomic E-state index is 0.0400. The van der Waals surface area contributed by atoms with E-state index in [-0.39, 0.29) is 5.54 Å². The lowest BCUT2D eigenvalue weighted by Gasteiger charge is -2.32. The Morgan fingerprint density at radius 1 is 1.33 bits per heavy atom. The van der Waals surface area contributed by atoms with Crippen LogP contribution in [0.3, 0.4) is 0 Å². The van der Waals surface area contributed by atoms with Gasteiger partial charge in [0.25, 0.3) is 0 Å². The summed E-state index contributed by atoms with van der Waals surface area (Å²) in [5.41, 5.74) is 10.9. The summed E-state index contributed by atoms with van der Waals surface area (Å²) in [5, 5.41) is 2.01. The molecule has 0 aliphatic carbocycles. The summed E-state index contributed by atoms with van der Waals surface area (Å²) in [6, 6.07) is 10.6. The lowest BCUT2D eigenvalue weighted by Crippen LogP contribution is -2.57. The average Bonchev–Trinajstić information content (AvgIpc) is 2.73. The Morgan fingerprint density at radius 2 is 2.06 bits per heavy atom. The van der Waals surface area contributed by atoms with Gasteiger partial charge in [-0.25, -0.2) is 10.4 Å². The lowest BCUT2D eigenvalue weighted by atomic mass is 10.0. The molecule has 0 saturated carbocycles. The number of hydrazine groups is 1. The molecule has 1 aliphatic rings. The molecular formula is C14H24N4. The number of likely N-dealkylation sites (tertiary alicyclic amines) is 1. The SMILES string of the molecule is CN(C)NC1(CN)CCN(Cc2ccccc2)C1. The van der Waals surface area contributed by atoms with Crippen LogP contribution in [0.1, 0.15) is 12.0 Å². The van der Waals surface area contributed by atoms with E-state index in [0.717, 1.165) is 26.1 Å². The van der Waals surface area contributed by atoms with Gasteiger partial charge in [-0.3, -0.25) is 4.90 Å². The summed E-state index contributed by atoms with van der Waals surface area (Å²) in [6.45, 7) is 3.80. The van der Waals surface area contributed by atoms with Gasteiger partial charge in [0.1, 0.15) is 0 Å². The first-order valence-corrected chi connectivity index (χ1v) is 6.55. The van der Waals surface area contributed by atoms with Gasteiger partial charge in [0.2, 0.25) is 0 Å². The molecule has 1 unspecified atom stereocenters. The first-order chi connectivity index (χ1) is 8.63. The van der Waals surface area contributed by atoms with Crippen molar-refractivity contribution in [2.24, 2.45) is 5.73 Å². The first kappa shape index (κ1) is 13.5. The van der Waals surface area contributed by atoms with Crippen molar-refractivity contribution in [3.8, 4) is 0 Å². The van der Waals surface area contributed by atoms with E-state index in [1.165, 1.54) is 5.56 Å². The molecule has 1 aliphatic heterocycles. The second-order valence-electron chi connectivity index (χ2n) is 5.44. The Kier molecular flexibility index (Phi) is 4.35. The normalized spacial score (nSPS) is 24.9. The number of nitrogens with two attached hydrogens (primary N) is 1. The van der Waals surface area contributed by atoms with Gasteiger partial charge in [0.15, 0.2) is 0 Å². The minimum atomic E-state index is 0.0400. The second-order valence-corrected chi connectivity index (χ2v) is 5.44. The van der Waals surface area contributed by atoms with Crippen molar-refractivity contribution in [2.75, 3.05) is 33.7 Å². The summed E-state index contributed by atoms with van der Waals surface area (Å²) >= 11 is 0. The number of nitrogens with one attached hydrogen (secondary N) is 1. The Hall–Kier alpha value is -0.940. The molecule has 1 atom stereocenters. The number of hydrogen-bond acceptors (Lipinski definition) is 4. The van der Waals surface area contributed by atoms with Crippen LogP contribution in [0.4, 0.5) is 0 Å². The molecule has 1 fully saturated rings. The fraction of sp³-hybridized carbons (Fsp3) is 0.571. The van der Waals surface area contributed by atoms with Crippen molar-refractivity contribution < 1.29 is 0 Å². The van der Waals surface area contributed by atoms with Gasteiger partial charge in [-0.15, -0.1) is 0 Å². The Bertz CT molecular complexity index is 365. The van der Waals surface area contributed by atoms with E-state index in [9.17, 15) is 0 Å². The molecular weight excluding hydrogens is 224 g/mol. The topological polar surface area (TPSA) is 44.5 Å². The van der Waals surface area contributed by atoms with E-state index in [0.29, 0.717) is 6.54 Å². The summed E-state index contributed by atoms with van der Waals surface area (Å²) in [4.78, 5) is 2.47. The van der Waals surface area contributed by atoms with Gasteiger partial charge < -0.3 is 5.73 Å². The van der Waals surface area contributed by atoms with Crippen molar-refractivity contribution in [2.45, 2.75) is 18.5 Å². The molecule has 1 heterocycles. The Balaban J connectivity index is 1.94. The van der Waals surface area contributed by atoms with E-state index in [2.05, 4.69) is 40.7 Å². The maximum atomic E-state index is 5.96. The number of nitrogens with zero attached hydrogens (tertiary/aromatic N) is 2. The van der Waals surface area contributed by atoms with Crippen molar-refractivity contribution in [1.29, 1.82) is 0 Å². The van der Waals surface area contributed by atoms with Crippen molar-refractivity contribution in [3.05, 3.63) is 35.9 Å². The van der Waals surface area contributed by atoms with Gasteiger partial charge in [0.05, 0.1) is 5.54 Å². The van der Waals surface area contributed by atoms with Gasteiger partial charge in [-0.1, -0.05) is 30.3 Å². The number of benzene rings is 1. The van der Waals surface area contributed by atoms with Crippen LogP contribution < -0.4 is 11.2 Å². The quantitative estimate of drug-likeness (QED) is 0.751. The summed E-state index contributed by atoms with van der Waals surface area (Å²) in [6.07, 6.45) is 1.11. The van der Waals surface area contributed by atoms with Crippen LogP contribution in [0.15, 0.2) is 30.3 Å². The molecule has 4 heteroatoms. The van der Waals surface area contributed by atoms with Crippen LogP contribution >= 0.6 is 0 Å². The minimum Gasteiger partial charge on any atom is -0.329 e. The monoisotopic (exact) mass is 248 g/mol. The Labute approximate surface area is 110 Å². The van der Waals surface area contributed by atoms with Crippen LogP contribution in [0.25, 0.3) is 0 Å². The molecule has 18 heavy (non-hydrogen) atoms. The van der Waals surface area contributed by atoms with Crippen LogP contribution in [0.5, 0.6) is 0 Å². The maximum absolute atomic E-state index is 5.96. The third-order valence-corrected chi connectivity index (χ3v) is 3.53. The van der Waals surface area contributed by atoms with Gasteiger partial charge in [-0.05, 0) is 12.0 Å². The average molecular weight is 248 g/mol. The van der Waals surface area contributed by atoms with E-state index >= 15 is 0 Å². The molecule has 0 radical (unpaired) electrons. The molecule has 1 saturated heterocycles. The van der Waals surface area contributed by atoms with Gasteiger partial charge >= 0.3 is 0 Å². The lowest BCUT2D eigenvalue weighted by molar-refractivity contribution is 0.161. The fourth-order valence-corrected chi connectivity index (χ4v) is 2.71. The summed E-state index contributed by atoms with van der Waals surface area (Å²) < 4.78 is 0. The van der Waals surface area contributed by atoms with Gasteiger partial charge in [-0.2, -0.15) is 0 Å². The Morgan fingerprint density at radius 3 is 2.67 bits per heavy atom. The van der Waals surface area contributed by atoms with E-state index in [4.69, 9.17) is 5.73 Å². The van der Waals surface area contributed by atoms with E-state index < -0.39 is 0 Å². The summed E-state index contributed by atoms with van der Waals surface area (Å²) in [5.74, 6) is 0. The highest BCUT2D eigenvalue weighted by atomic mass is 15.5. The van der Waals surface area contributed by atoms with Crippen molar-refractivity contribution >= 4 is 0 Å². The highest BCUT2D eigenvalue weighted by Crippen LogP contribution is 2.22. The van der Waals surface area contributed by atoms with Crippen molar-refractivity contribution in [3.63, 3.8) is 0 Å². The molecule has 1 aromatic carbocycles. The van der Waals surface area contributed by atoms with Crippen LogP contribution in [-0.2, 0) is 6.54 Å². The first-order valence-electron chi connectivity index (χ1n) is 6.55. The number of rotatable bonds is 5. The fourth-order valence-electron chi connectivity index (χ4n) is 2.71. The molecule has 0 amide bonds. The van der Waals surface area contributed by atoms with Crippen LogP contribution in [-0.4, -0.2) is 49.2 Å². The van der Waals surface area contributed by atoms with E-state index in [1.807, 2.05) is 19.1 Å². The second kappa shape index (κ2) is 5.80. The zero-order valence-electron chi connectivity index (χ0n) is 11.4. The molecule has 1 aromatic rings. The molecule has 0 bridgehead atoms. The molecule has 3 N–H and O–H groups in total. The molecule has 100 valence electrons. The molecule has 2 rings (SSSR count). The molecule has 0 aromatic heterocycles. The summed E-state index contributed by atoms with van der Waals surface area (Å²) in [7, 11) is 4.05. The smallest absolute Gasteiger partial charge is 0.0586 e. The predicted octanol–water partition coefficient (Wildman–Crippen LogP) is 0.656. The van der Waals surface area contributed by atoms with Crippen LogP contribution in [0, 0.1) is 0 Å². The highest BCUT2D eigenvalue weighted by Gasteiger charge is 2.37. The van der Waals surface area contributed by atoms with Crippen molar-refractivity contribution in [1.82, 2.24) is 15.3 Å². The largest absolute Gasteiger partial charge is 0.329 e.